The van der Waals surface area contributed by atoms with Gasteiger partial charge in [0, 0.05) is 5.56 Å². The van der Waals surface area contributed by atoms with Crippen molar-refractivity contribution in [3.63, 3.8) is 0 Å². The van der Waals surface area contributed by atoms with E-state index in [4.69, 9.17) is 4.42 Å². The molecule has 0 fully saturated rings. The fraction of sp³-hybridized carbons (Fsp3) is 0.125. The Morgan fingerprint density at radius 3 is 2.60 bits per heavy atom. The van der Waals surface area contributed by atoms with Crippen LogP contribution in [0.25, 0.3) is 22.6 Å². The number of benzene rings is 2. The highest BCUT2D eigenvalue weighted by molar-refractivity contribution is 5.82. The first-order chi connectivity index (χ1) is 9.67. The first-order valence-electron chi connectivity index (χ1n) is 6.23. The molecule has 3 aromatic rings. The standard InChI is InChI=1S/C16H12N2O2/c1-10-3-5-12(6-4-10)16-18-14-8-13(17-9-19)7-11(2)15(14)20-16/h3-8H,1-2H3. The largest absolute Gasteiger partial charge is 0.436 e. The third-order valence-corrected chi connectivity index (χ3v) is 3.13. The first kappa shape index (κ1) is 12.3. The molecule has 98 valence electrons. The van der Waals surface area contributed by atoms with Gasteiger partial charge < -0.3 is 4.42 Å². The summed E-state index contributed by atoms with van der Waals surface area (Å²) in [6.07, 6.45) is 1.54. The lowest BCUT2D eigenvalue weighted by Gasteiger charge is -1.96. The minimum atomic E-state index is 0.536. The zero-order valence-electron chi connectivity index (χ0n) is 11.2. The molecule has 4 nitrogen and oxygen atoms in total. The molecule has 20 heavy (non-hydrogen) atoms. The van der Waals surface area contributed by atoms with Crippen molar-refractivity contribution in [3.05, 3.63) is 47.5 Å². The highest BCUT2D eigenvalue weighted by atomic mass is 16.3. The summed E-state index contributed by atoms with van der Waals surface area (Å²) in [5.74, 6) is 0.565. The average Bonchev–Trinajstić information content (AvgIpc) is 2.84. The summed E-state index contributed by atoms with van der Waals surface area (Å²) in [6.45, 7) is 3.93. The minimum Gasteiger partial charge on any atom is -0.436 e. The normalized spacial score (nSPS) is 10.5. The van der Waals surface area contributed by atoms with E-state index < -0.39 is 0 Å². The van der Waals surface area contributed by atoms with Gasteiger partial charge in [-0.1, -0.05) is 17.7 Å². The van der Waals surface area contributed by atoms with Crippen molar-refractivity contribution in [2.24, 2.45) is 4.99 Å². The van der Waals surface area contributed by atoms with Gasteiger partial charge in [0.25, 0.3) is 0 Å². The van der Waals surface area contributed by atoms with Crippen LogP contribution in [0.4, 0.5) is 5.69 Å². The smallest absolute Gasteiger partial charge is 0.240 e. The van der Waals surface area contributed by atoms with Gasteiger partial charge >= 0.3 is 0 Å². The Hall–Kier alpha value is -2.71. The molecule has 0 saturated carbocycles. The van der Waals surface area contributed by atoms with Gasteiger partial charge in [0.1, 0.15) is 5.52 Å². The molecule has 0 radical (unpaired) electrons. The van der Waals surface area contributed by atoms with Gasteiger partial charge in [-0.2, -0.15) is 4.99 Å². The molecule has 0 unspecified atom stereocenters. The van der Waals surface area contributed by atoms with Crippen molar-refractivity contribution in [2.45, 2.75) is 13.8 Å². The maximum absolute atomic E-state index is 10.3. The first-order valence-corrected chi connectivity index (χ1v) is 6.23. The maximum Gasteiger partial charge on any atom is 0.240 e. The van der Waals surface area contributed by atoms with Crippen LogP contribution >= 0.6 is 0 Å². The van der Waals surface area contributed by atoms with Crippen molar-refractivity contribution < 1.29 is 9.21 Å². The number of hydrogen-bond donors (Lipinski definition) is 0. The van der Waals surface area contributed by atoms with Gasteiger partial charge in [0.05, 0.1) is 5.69 Å². The van der Waals surface area contributed by atoms with E-state index in [0.717, 1.165) is 11.1 Å². The van der Waals surface area contributed by atoms with Crippen molar-refractivity contribution in [2.75, 3.05) is 0 Å². The third kappa shape index (κ3) is 2.13. The highest BCUT2D eigenvalue weighted by Crippen LogP contribution is 2.29. The number of carbonyl (C=O) groups excluding carboxylic acids is 1. The fourth-order valence-electron chi connectivity index (χ4n) is 2.12. The molecule has 0 bridgehead atoms. The van der Waals surface area contributed by atoms with E-state index in [1.54, 1.807) is 12.1 Å². The van der Waals surface area contributed by atoms with E-state index in [2.05, 4.69) is 9.98 Å². The zero-order chi connectivity index (χ0) is 14.1. The van der Waals surface area contributed by atoms with Crippen LogP contribution in [-0.4, -0.2) is 11.1 Å². The maximum atomic E-state index is 10.3. The Balaban J connectivity index is 2.17. The van der Waals surface area contributed by atoms with E-state index in [1.807, 2.05) is 38.1 Å². The lowest BCUT2D eigenvalue weighted by Crippen LogP contribution is -1.77. The molecule has 0 spiro atoms. The van der Waals surface area contributed by atoms with Crippen molar-refractivity contribution in [1.29, 1.82) is 0 Å². The number of rotatable bonds is 2. The summed E-state index contributed by atoms with van der Waals surface area (Å²) in [7, 11) is 0. The van der Waals surface area contributed by atoms with E-state index in [-0.39, 0.29) is 0 Å². The summed E-state index contributed by atoms with van der Waals surface area (Å²) in [4.78, 5) is 18.4. The van der Waals surface area contributed by atoms with Gasteiger partial charge in [-0.25, -0.2) is 9.78 Å². The molecule has 0 aliphatic carbocycles. The Morgan fingerprint density at radius 2 is 1.90 bits per heavy atom. The van der Waals surface area contributed by atoms with Gasteiger partial charge in [-0.05, 0) is 43.7 Å². The highest BCUT2D eigenvalue weighted by Gasteiger charge is 2.11. The quantitative estimate of drug-likeness (QED) is 0.517. The summed E-state index contributed by atoms with van der Waals surface area (Å²) in [5, 5.41) is 0. The molecule has 1 heterocycles. The molecular weight excluding hydrogens is 252 g/mol. The molecule has 0 atom stereocenters. The third-order valence-electron chi connectivity index (χ3n) is 3.13. The molecule has 1 aromatic heterocycles. The van der Waals surface area contributed by atoms with Gasteiger partial charge in [-0.3, -0.25) is 0 Å². The SMILES string of the molecule is Cc1ccc(-c2nc3cc(N=C=O)cc(C)c3o2)cc1. The van der Waals surface area contributed by atoms with Gasteiger partial charge in [0.2, 0.25) is 12.0 Å². The number of nitrogens with zero attached hydrogens (tertiary/aromatic N) is 2. The van der Waals surface area contributed by atoms with Crippen LogP contribution < -0.4 is 0 Å². The number of aromatic nitrogens is 1. The Morgan fingerprint density at radius 1 is 1.15 bits per heavy atom. The Labute approximate surface area is 115 Å². The van der Waals surface area contributed by atoms with Crippen molar-refractivity contribution in [3.8, 4) is 11.5 Å². The summed E-state index contributed by atoms with van der Waals surface area (Å²) >= 11 is 0. The molecule has 0 aliphatic rings. The second-order valence-electron chi connectivity index (χ2n) is 4.70. The second-order valence-corrected chi connectivity index (χ2v) is 4.70. The average molecular weight is 264 g/mol. The van der Waals surface area contributed by atoms with E-state index in [0.29, 0.717) is 22.7 Å². The molecule has 2 aromatic carbocycles. The second kappa shape index (κ2) is 4.76. The predicted molar refractivity (Wildman–Crippen MR) is 76.7 cm³/mol. The number of aliphatic imine (C=N–C) groups is 1. The van der Waals surface area contributed by atoms with Crippen molar-refractivity contribution >= 4 is 22.9 Å². The summed E-state index contributed by atoms with van der Waals surface area (Å²) in [5.41, 5.74) is 4.94. The Bertz CT molecular complexity index is 826. The predicted octanol–water partition coefficient (Wildman–Crippen LogP) is 4.08. The topological polar surface area (TPSA) is 55.5 Å². The molecule has 4 heteroatoms. The molecule has 0 aliphatic heterocycles. The number of hydrogen-bond acceptors (Lipinski definition) is 4. The molecule has 0 N–H and O–H groups in total. The van der Waals surface area contributed by atoms with Crippen molar-refractivity contribution in [1.82, 2.24) is 4.98 Å². The molecular formula is C16H12N2O2. The van der Waals surface area contributed by atoms with E-state index in [9.17, 15) is 4.79 Å². The number of isocyanates is 1. The number of oxazole rings is 1. The zero-order valence-corrected chi connectivity index (χ0v) is 11.2. The summed E-state index contributed by atoms with van der Waals surface area (Å²) in [6, 6.07) is 11.5. The van der Waals surface area contributed by atoms with E-state index >= 15 is 0 Å². The number of fused-ring (bicyclic) bond motifs is 1. The van der Waals surface area contributed by atoms with Crippen LogP contribution in [-0.2, 0) is 4.79 Å². The monoisotopic (exact) mass is 264 g/mol. The number of aryl methyl sites for hydroxylation is 2. The van der Waals surface area contributed by atoms with Crippen LogP contribution in [0.1, 0.15) is 11.1 Å². The lowest BCUT2D eigenvalue weighted by molar-refractivity contribution is 0.565. The summed E-state index contributed by atoms with van der Waals surface area (Å²) < 4.78 is 5.81. The Kier molecular flexibility index (Phi) is 2.93. The van der Waals surface area contributed by atoms with E-state index in [1.165, 1.54) is 11.6 Å². The van der Waals surface area contributed by atoms with Crippen LogP contribution in [0.15, 0.2) is 45.8 Å². The minimum absolute atomic E-state index is 0.536. The molecule has 0 amide bonds. The van der Waals surface area contributed by atoms with Gasteiger partial charge in [0.15, 0.2) is 5.58 Å². The van der Waals surface area contributed by atoms with Gasteiger partial charge in [-0.15, -0.1) is 0 Å². The van der Waals surface area contributed by atoms with Crippen LogP contribution in [0, 0.1) is 13.8 Å². The molecule has 3 rings (SSSR count). The van der Waals surface area contributed by atoms with Crippen LogP contribution in [0.3, 0.4) is 0 Å². The lowest BCUT2D eigenvalue weighted by atomic mass is 10.1. The van der Waals surface area contributed by atoms with Crippen LogP contribution in [0.2, 0.25) is 0 Å². The van der Waals surface area contributed by atoms with Crippen LogP contribution in [0.5, 0.6) is 0 Å². The fourth-order valence-corrected chi connectivity index (χ4v) is 2.12. The molecule has 0 saturated heterocycles.